The minimum atomic E-state index is -0.0726. The van der Waals surface area contributed by atoms with Gasteiger partial charge < -0.3 is 15.2 Å². The summed E-state index contributed by atoms with van der Waals surface area (Å²) in [6.45, 7) is 7.72. The van der Waals surface area contributed by atoms with Gasteiger partial charge in [-0.25, -0.2) is 0 Å². The molecule has 25 heavy (non-hydrogen) atoms. The highest BCUT2D eigenvalue weighted by Crippen LogP contribution is 2.17. The van der Waals surface area contributed by atoms with E-state index in [0.717, 1.165) is 22.7 Å². The third-order valence-corrected chi connectivity index (χ3v) is 3.83. The van der Waals surface area contributed by atoms with E-state index in [1.807, 2.05) is 27.7 Å². The lowest BCUT2D eigenvalue weighted by Gasteiger charge is -2.09. The zero-order chi connectivity index (χ0) is 18.4. The maximum absolute atomic E-state index is 12.1. The zero-order valence-electron chi connectivity index (χ0n) is 15.2. The molecule has 2 rings (SSSR count). The van der Waals surface area contributed by atoms with Crippen LogP contribution in [-0.2, 0) is 16.0 Å². The van der Waals surface area contributed by atoms with Gasteiger partial charge in [-0.1, -0.05) is 19.0 Å². The van der Waals surface area contributed by atoms with Gasteiger partial charge in [-0.3, -0.25) is 9.59 Å². The van der Waals surface area contributed by atoms with Crippen LogP contribution in [0.25, 0.3) is 0 Å². The number of nitrogens with one attached hydrogen (secondary N) is 2. The molecule has 0 radical (unpaired) electrons. The largest absolute Gasteiger partial charge is 0.361 e. The maximum atomic E-state index is 12.1. The first-order chi connectivity index (χ1) is 11.8. The first kappa shape index (κ1) is 18.7. The third-order valence-electron chi connectivity index (χ3n) is 3.83. The fraction of sp³-hybridized carbons (Fsp3) is 0.421. The van der Waals surface area contributed by atoms with Crippen molar-refractivity contribution in [2.75, 3.05) is 10.6 Å². The molecule has 2 N–H and O–H groups in total. The highest BCUT2D eigenvalue weighted by atomic mass is 16.5. The number of benzene rings is 1. The Balaban J connectivity index is 1.84. The number of hydrogen-bond acceptors (Lipinski definition) is 4. The normalized spacial score (nSPS) is 10.8. The van der Waals surface area contributed by atoms with Gasteiger partial charge in [0.15, 0.2) is 0 Å². The lowest BCUT2D eigenvalue weighted by Crippen LogP contribution is -2.14. The molecule has 6 heteroatoms. The Bertz CT molecular complexity index is 713. The number of nitrogens with zero attached hydrogens (tertiary/aromatic N) is 1. The Hall–Kier alpha value is -2.63. The van der Waals surface area contributed by atoms with Crippen LogP contribution in [0.5, 0.6) is 0 Å². The van der Waals surface area contributed by atoms with E-state index in [4.69, 9.17) is 4.52 Å². The van der Waals surface area contributed by atoms with E-state index in [0.29, 0.717) is 30.9 Å². The average molecular weight is 343 g/mol. The van der Waals surface area contributed by atoms with Crippen molar-refractivity contribution in [1.29, 1.82) is 0 Å². The third kappa shape index (κ3) is 5.74. The molecule has 6 nitrogen and oxygen atoms in total. The Morgan fingerprint density at radius 2 is 1.60 bits per heavy atom. The quantitative estimate of drug-likeness (QED) is 0.800. The number of hydrogen-bond donors (Lipinski definition) is 2. The van der Waals surface area contributed by atoms with Crippen molar-refractivity contribution in [1.82, 2.24) is 5.16 Å². The Labute approximate surface area is 148 Å². The molecule has 0 aliphatic heterocycles. The van der Waals surface area contributed by atoms with Gasteiger partial charge in [-0.15, -0.1) is 0 Å². The summed E-state index contributed by atoms with van der Waals surface area (Å²) in [7, 11) is 0. The van der Waals surface area contributed by atoms with Crippen molar-refractivity contribution in [3.8, 4) is 0 Å². The van der Waals surface area contributed by atoms with Gasteiger partial charge in [-0.2, -0.15) is 0 Å². The lowest BCUT2D eigenvalue weighted by molar-refractivity contribution is -0.117. The molecule has 0 saturated heterocycles. The highest BCUT2D eigenvalue weighted by molar-refractivity contribution is 5.93. The van der Waals surface area contributed by atoms with Crippen LogP contribution in [0.1, 0.15) is 43.7 Å². The van der Waals surface area contributed by atoms with Gasteiger partial charge >= 0.3 is 0 Å². The van der Waals surface area contributed by atoms with Crippen LogP contribution in [0.15, 0.2) is 28.8 Å². The summed E-state index contributed by atoms with van der Waals surface area (Å²) in [6, 6.07) is 7.11. The van der Waals surface area contributed by atoms with E-state index < -0.39 is 0 Å². The van der Waals surface area contributed by atoms with Crippen LogP contribution >= 0.6 is 0 Å². The number of rotatable bonds is 7. The first-order valence-corrected chi connectivity index (χ1v) is 8.46. The topological polar surface area (TPSA) is 84.2 Å². The van der Waals surface area contributed by atoms with Crippen LogP contribution in [0.2, 0.25) is 0 Å². The standard InChI is InChI=1S/C19H25N3O3/c1-12(2)11-19(24)21-16-7-5-15(6-8-16)20-18(23)10-9-17-13(3)22-25-14(17)4/h5-8,12H,9-11H2,1-4H3,(H,20,23)(H,21,24). The Kier molecular flexibility index (Phi) is 6.33. The summed E-state index contributed by atoms with van der Waals surface area (Å²) >= 11 is 0. The van der Waals surface area contributed by atoms with E-state index in [9.17, 15) is 9.59 Å². The molecule has 0 saturated carbocycles. The molecule has 0 atom stereocenters. The SMILES string of the molecule is Cc1noc(C)c1CCC(=O)Nc1ccc(NC(=O)CC(C)C)cc1. The Morgan fingerprint density at radius 1 is 1.04 bits per heavy atom. The van der Waals surface area contributed by atoms with Gasteiger partial charge in [0.2, 0.25) is 11.8 Å². The molecular weight excluding hydrogens is 318 g/mol. The van der Waals surface area contributed by atoms with Crippen molar-refractivity contribution in [2.45, 2.75) is 47.0 Å². The molecule has 0 unspecified atom stereocenters. The zero-order valence-corrected chi connectivity index (χ0v) is 15.2. The smallest absolute Gasteiger partial charge is 0.224 e. The predicted molar refractivity (Wildman–Crippen MR) is 97.5 cm³/mol. The van der Waals surface area contributed by atoms with Gasteiger partial charge in [-0.05, 0) is 50.5 Å². The number of carbonyl (C=O) groups is 2. The Morgan fingerprint density at radius 3 is 2.08 bits per heavy atom. The molecule has 1 aromatic carbocycles. The van der Waals surface area contributed by atoms with E-state index in [2.05, 4.69) is 15.8 Å². The maximum Gasteiger partial charge on any atom is 0.224 e. The second kappa shape index (κ2) is 8.46. The van der Waals surface area contributed by atoms with Crippen molar-refractivity contribution in [2.24, 2.45) is 5.92 Å². The van der Waals surface area contributed by atoms with Gasteiger partial charge in [0.25, 0.3) is 0 Å². The summed E-state index contributed by atoms with van der Waals surface area (Å²) in [4.78, 5) is 23.8. The van der Waals surface area contributed by atoms with Gasteiger partial charge in [0.05, 0.1) is 5.69 Å². The van der Waals surface area contributed by atoms with Crippen LogP contribution < -0.4 is 10.6 Å². The fourth-order valence-electron chi connectivity index (χ4n) is 2.54. The summed E-state index contributed by atoms with van der Waals surface area (Å²) in [5.41, 5.74) is 3.23. The minimum absolute atomic E-state index is 0.00810. The van der Waals surface area contributed by atoms with Crippen molar-refractivity contribution in [3.63, 3.8) is 0 Å². The highest BCUT2D eigenvalue weighted by Gasteiger charge is 2.11. The minimum Gasteiger partial charge on any atom is -0.361 e. The lowest BCUT2D eigenvalue weighted by atomic mass is 10.1. The molecule has 0 spiro atoms. The monoisotopic (exact) mass is 343 g/mol. The molecule has 134 valence electrons. The molecule has 2 amide bonds. The number of amides is 2. The van der Waals surface area contributed by atoms with Gasteiger partial charge in [0.1, 0.15) is 5.76 Å². The van der Waals surface area contributed by atoms with E-state index >= 15 is 0 Å². The summed E-state index contributed by atoms with van der Waals surface area (Å²) in [6.07, 6.45) is 1.44. The fourth-order valence-corrected chi connectivity index (χ4v) is 2.54. The number of aryl methyl sites for hydroxylation is 2. The van der Waals surface area contributed by atoms with E-state index in [-0.39, 0.29) is 11.8 Å². The molecule has 0 fully saturated rings. The first-order valence-electron chi connectivity index (χ1n) is 8.46. The molecule has 0 aliphatic rings. The molecular formula is C19H25N3O3. The van der Waals surface area contributed by atoms with Crippen LogP contribution in [0.4, 0.5) is 11.4 Å². The van der Waals surface area contributed by atoms with Crippen molar-refractivity contribution in [3.05, 3.63) is 41.3 Å². The molecule has 1 aromatic heterocycles. The number of carbonyl (C=O) groups excluding carboxylic acids is 2. The second-order valence-corrected chi connectivity index (χ2v) is 6.57. The van der Waals surface area contributed by atoms with Crippen molar-refractivity contribution < 1.29 is 14.1 Å². The van der Waals surface area contributed by atoms with Crippen LogP contribution in [-0.4, -0.2) is 17.0 Å². The summed E-state index contributed by atoms with van der Waals surface area (Å²) in [5.74, 6) is 0.992. The number of anilines is 2. The van der Waals surface area contributed by atoms with E-state index in [1.165, 1.54) is 0 Å². The molecule has 2 aromatic rings. The van der Waals surface area contributed by atoms with Crippen molar-refractivity contribution >= 4 is 23.2 Å². The number of aromatic nitrogens is 1. The molecule has 0 aliphatic carbocycles. The predicted octanol–water partition coefficient (Wildman–Crippen LogP) is 3.85. The van der Waals surface area contributed by atoms with Crippen LogP contribution in [0.3, 0.4) is 0 Å². The molecule has 0 bridgehead atoms. The summed E-state index contributed by atoms with van der Waals surface area (Å²) < 4.78 is 5.10. The second-order valence-electron chi connectivity index (χ2n) is 6.57. The molecule has 1 heterocycles. The van der Waals surface area contributed by atoms with Gasteiger partial charge in [0, 0.05) is 29.8 Å². The average Bonchev–Trinajstić information content (AvgIpc) is 2.85. The van der Waals surface area contributed by atoms with Crippen LogP contribution in [0, 0.1) is 19.8 Å². The summed E-state index contributed by atoms with van der Waals surface area (Å²) in [5, 5.41) is 9.58. The van der Waals surface area contributed by atoms with E-state index in [1.54, 1.807) is 24.3 Å².